The maximum atomic E-state index is 12.5. The number of ether oxygens (including phenoxy) is 1. The zero-order valence-corrected chi connectivity index (χ0v) is 11.6. The van der Waals surface area contributed by atoms with Crippen molar-refractivity contribution in [1.82, 2.24) is 15.2 Å². The smallest absolute Gasteiger partial charge is 0.276 e. The fraction of sp³-hybridized carbons (Fsp3) is 0.571. The van der Waals surface area contributed by atoms with Gasteiger partial charge in [0.15, 0.2) is 11.4 Å². The molecule has 0 radical (unpaired) electrons. The zero-order valence-electron chi connectivity index (χ0n) is 11.6. The van der Waals surface area contributed by atoms with Gasteiger partial charge in [0, 0.05) is 25.3 Å². The quantitative estimate of drug-likeness (QED) is 0.889. The van der Waals surface area contributed by atoms with Crippen molar-refractivity contribution < 1.29 is 9.53 Å². The largest absolute Gasteiger partial charge is 0.491 e. The predicted molar refractivity (Wildman–Crippen MR) is 73.4 cm³/mol. The molecule has 1 N–H and O–H groups in total. The van der Waals surface area contributed by atoms with Crippen molar-refractivity contribution in [2.75, 3.05) is 26.7 Å². The summed E-state index contributed by atoms with van der Waals surface area (Å²) in [5.74, 6) is 0.533. The van der Waals surface area contributed by atoms with Crippen molar-refractivity contribution >= 4 is 5.91 Å². The second-order valence-electron chi connectivity index (χ2n) is 4.66. The summed E-state index contributed by atoms with van der Waals surface area (Å²) < 4.78 is 5.48. The lowest BCUT2D eigenvalue weighted by Crippen LogP contribution is -2.47. The third-order valence-electron chi connectivity index (χ3n) is 3.39. The Morgan fingerprint density at radius 1 is 1.63 bits per heavy atom. The van der Waals surface area contributed by atoms with Crippen molar-refractivity contribution in [3.05, 3.63) is 24.0 Å². The van der Waals surface area contributed by atoms with E-state index in [4.69, 9.17) is 4.74 Å². The molecule has 1 atom stereocenters. The number of amides is 1. The van der Waals surface area contributed by atoms with Crippen molar-refractivity contribution in [2.45, 2.75) is 25.8 Å². The predicted octanol–water partition coefficient (Wildman–Crippen LogP) is 1.30. The van der Waals surface area contributed by atoms with E-state index in [1.165, 1.54) is 0 Å². The van der Waals surface area contributed by atoms with Crippen LogP contribution in [-0.4, -0.2) is 48.6 Å². The van der Waals surface area contributed by atoms with Gasteiger partial charge in [-0.05, 0) is 38.9 Å². The number of aromatic nitrogens is 1. The topological polar surface area (TPSA) is 54.5 Å². The van der Waals surface area contributed by atoms with Crippen LogP contribution in [0.15, 0.2) is 18.3 Å². The van der Waals surface area contributed by atoms with Crippen LogP contribution >= 0.6 is 0 Å². The minimum Gasteiger partial charge on any atom is -0.491 e. The monoisotopic (exact) mass is 263 g/mol. The van der Waals surface area contributed by atoms with Crippen LogP contribution in [0.1, 0.15) is 30.3 Å². The Labute approximate surface area is 114 Å². The molecule has 0 bridgehead atoms. The van der Waals surface area contributed by atoms with Gasteiger partial charge in [0.25, 0.3) is 5.91 Å². The number of hydrogen-bond donors (Lipinski definition) is 1. The van der Waals surface area contributed by atoms with E-state index in [9.17, 15) is 4.79 Å². The number of carbonyl (C=O) groups excluding carboxylic acids is 1. The summed E-state index contributed by atoms with van der Waals surface area (Å²) in [6, 6.07) is 3.95. The van der Waals surface area contributed by atoms with Gasteiger partial charge >= 0.3 is 0 Å². The van der Waals surface area contributed by atoms with Gasteiger partial charge in [-0.1, -0.05) is 0 Å². The minimum atomic E-state index is -0.0380. The molecule has 1 fully saturated rings. The van der Waals surface area contributed by atoms with Gasteiger partial charge < -0.3 is 15.0 Å². The second kappa shape index (κ2) is 6.52. The first kappa shape index (κ1) is 13.8. The van der Waals surface area contributed by atoms with Gasteiger partial charge in [0.05, 0.1) is 6.61 Å². The van der Waals surface area contributed by atoms with Crippen molar-refractivity contribution in [1.29, 1.82) is 0 Å². The Bertz CT molecular complexity index is 436. The number of nitrogens with zero attached hydrogens (tertiary/aromatic N) is 2. The highest BCUT2D eigenvalue weighted by Crippen LogP contribution is 2.19. The number of rotatable bonds is 4. The average molecular weight is 263 g/mol. The molecule has 1 saturated heterocycles. The van der Waals surface area contributed by atoms with E-state index in [-0.39, 0.29) is 5.91 Å². The van der Waals surface area contributed by atoms with Crippen LogP contribution in [-0.2, 0) is 0 Å². The van der Waals surface area contributed by atoms with Crippen LogP contribution < -0.4 is 10.1 Å². The van der Waals surface area contributed by atoms with Crippen molar-refractivity contribution in [3.63, 3.8) is 0 Å². The van der Waals surface area contributed by atoms with Gasteiger partial charge in [0.2, 0.25) is 0 Å². The maximum absolute atomic E-state index is 12.5. The van der Waals surface area contributed by atoms with E-state index in [1.807, 2.05) is 18.9 Å². The average Bonchev–Trinajstić information content (AvgIpc) is 2.47. The summed E-state index contributed by atoms with van der Waals surface area (Å²) in [7, 11) is 1.94. The summed E-state index contributed by atoms with van der Waals surface area (Å²) >= 11 is 0. The Morgan fingerprint density at radius 3 is 3.21 bits per heavy atom. The molecule has 1 amide bonds. The molecule has 0 saturated carbocycles. The first-order valence-corrected chi connectivity index (χ1v) is 6.80. The Kier molecular flexibility index (Phi) is 4.74. The molecule has 1 aliphatic heterocycles. The van der Waals surface area contributed by atoms with E-state index in [2.05, 4.69) is 10.3 Å². The number of nitrogens with one attached hydrogen (secondary N) is 1. The van der Waals surface area contributed by atoms with Gasteiger partial charge in [-0.2, -0.15) is 0 Å². The van der Waals surface area contributed by atoms with Crippen LogP contribution in [0.5, 0.6) is 5.75 Å². The van der Waals surface area contributed by atoms with Crippen molar-refractivity contribution in [3.8, 4) is 5.75 Å². The molecule has 2 rings (SSSR count). The third-order valence-corrected chi connectivity index (χ3v) is 3.39. The molecular weight excluding hydrogens is 242 g/mol. The molecule has 0 spiro atoms. The Hall–Kier alpha value is -1.62. The lowest BCUT2D eigenvalue weighted by molar-refractivity contribution is 0.0687. The molecule has 0 aliphatic carbocycles. The number of pyridine rings is 1. The van der Waals surface area contributed by atoms with Crippen LogP contribution in [0, 0.1) is 0 Å². The second-order valence-corrected chi connectivity index (χ2v) is 4.66. The molecule has 104 valence electrons. The third kappa shape index (κ3) is 3.23. The Morgan fingerprint density at radius 2 is 2.47 bits per heavy atom. The highest BCUT2D eigenvalue weighted by molar-refractivity contribution is 5.95. The molecule has 5 nitrogen and oxygen atoms in total. The van der Waals surface area contributed by atoms with E-state index in [0.29, 0.717) is 24.1 Å². The summed E-state index contributed by atoms with van der Waals surface area (Å²) in [6.07, 6.45) is 3.77. The SMILES string of the molecule is CCOc1cccnc1C(=O)N1CCCC(NC)C1. The van der Waals surface area contributed by atoms with Gasteiger partial charge in [0.1, 0.15) is 0 Å². The summed E-state index contributed by atoms with van der Waals surface area (Å²) in [5, 5.41) is 3.23. The van der Waals surface area contributed by atoms with E-state index < -0.39 is 0 Å². The number of carbonyl (C=O) groups is 1. The standard InChI is InChI=1S/C14H21N3O2/c1-3-19-12-7-4-8-16-13(12)14(18)17-9-5-6-11(10-17)15-2/h4,7-8,11,15H,3,5-6,9-10H2,1-2H3. The van der Waals surface area contributed by atoms with Crippen molar-refractivity contribution in [2.24, 2.45) is 0 Å². The van der Waals surface area contributed by atoms with Gasteiger partial charge in [-0.25, -0.2) is 4.98 Å². The Balaban J connectivity index is 2.14. The summed E-state index contributed by atoms with van der Waals surface area (Å²) in [6.45, 7) is 3.96. The molecule has 0 aromatic carbocycles. The van der Waals surface area contributed by atoms with Crippen LogP contribution in [0.4, 0.5) is 0 Å². The van der Waals surface area contributed by atoms with Gasteiger partial charge in [-0.15, -0.1) is 0 Å². The molecule has 5 heteroatoms. The lowest BCUT2D eigenvalue weighted by atomic mass is 10.1. The van der Waals surface area contributed by atoms with Gasteiger partial charge in [-0.3, -0.25) is 4.79 Å². The summed E-state index contributed by atoms with van der Waals surface area (Å²) in [5.41, 5.74) is 0.418. The number of likely N-dealkylation sites (tertiary alicyclic amines) is 1. The fourth-order valence-electron chi connectivity index (χ4n) is 2.37. The van der Waals surface area contributed by atoms with Crippen LogP contribution in [0.2, 0.25) is 0 Å². The normalized spacial score (nSPS) is 19.3. The van der Waals surface area contributed by atoms with Crippen LogP contribution in [0.25, 0.3) is 0 Å². The molecule has 1 aliphatic rings. The van der Waals surface area contributed by atoms with E-state index >= 15 is 0 Å². The number of likely N-dealkylation sites (N-methyl/N-ethyl adjacent to an activating group) is 1. The molecule has 1 aromatic rings. The number of hydrogen-bond acceptors (Lipinski definition) is 4. The zero-order chi connectivity index (χ0) is 13.7. The first-order valence-electron chi connectivity index (χ1n) is 6.80. The minimum absolute atomic E-state index is 0.0380. The highest BCUT2D eigenvalue weighted by Gasteiger charge is 2.26. The fourth-order valence-corrected chi connectivity index (χ4v) is 2.37. The highest BCUT2D eigenvalue weighted by atomic mass is 16.5. The molecule has 2 heterocycles. The van der Waals surface area contributed by atoms with Crippen LogP contribution in [0.3, 0.4) is 0 Å². The summed E-state index contributed by atoms with van der Waals surface area (Å²) in [4.78, 5) is 18.6. The van der Waals surface area contributed by atoms with E-state index in [1.54, 1.807) is 18.3 Å². The molecule has 1 unspecified atom stereocenters. The van der Waals surface area contributed by atoms with E-state index in [0.717, 1.165) is 25.9 Å². The number of piperidine rings is 1. The maximum Gasteiger partial charge on any atom is 0.276 e. The first-order chi connectivity index (χ1) is 9.26. The lowest BCUT2D eigenvalue weighted by Gasteiger charge is -2.32. The molecule has 1 aromatic heterocycles. The molecule has 19 heavy (non-hydrogen) atoms. The molecular formula is C14H21N3O2.